The topological polar surface area (TPSA) is 49.8 Å². The molecule has 1 aliphatic carbocycles. The van der Waals surface area contributed by atoms with Crippen molar-refractivity contribution in [2.75, 3.05) is 13.1 Å². The molecule has 0 aromatic heterocycles. The zero-order chi connectivity index (χ0) is 16.7. The summed E-state index contributed by atoms with van der Waals surface area (Å²) in [6.07, 6.45) is 3.03. The van der Waals surface area contributed by atoms with Gasteiger partial charge in [0.05, 0.1) is 5.60 Å². The van der Waals surface area contributed by atoms with Crippen LogP contribution in [0.15, 0.2) is 30.3 Å². The summed E-state index contributed by atoms with van der Waals surface area (Å²) >= 11 is 0. The molecular formula is C19H27NO3. The Morgan fingerprint density at radius 3 is 2.48 bits per heavy atom. The Morgan fingerprint density at radius 2 is 1.87 bits per heavy atom. The monoisotopic (exact) mass is 317 g/mol. The Bertz CT molecular complexity index is 572. The minimum Gasteiger partial charge on any atom is -0.444 e. The molecule has 4 heteroatoms. The Morgan fingerprint density at radius 1 is 1.22 bits per heavy atom. The molecule has 3 rings (SSSR count). The molecule has 23 heavy (non-hydrogen) atoms. The number of hydrogen-bond donors (Lipinski definition) is 1. The van der Waals surface area contributed by atoms with Crippen LogP contribution in [0, 0.1) is 5.41 Å². The van der Waals surface area contributed by atoms with E-state index in [-0.39, 0.29) is 11.5 Å². The number of nitrogens with zero attached hydrogens (tertiary/aromatic N) is 1. The van der Waals surface area contributed by atoms with E-state index < -0.39 is 11.2 Å². The molecule has 126 valence electrons. The molecule has 0 bridgehead atoms. The zero-order valence-corrected chi connectivity index (χ0v) is 14.3. The highest BCUT2D eigenvalue weighted by atomic mass is 16.6. The second-order valence-corrected chi connectivity index (χ2v) is 8.40. The fourth-order valence-electron chi connectivity index (χ4n) is 3.99. The van der Waals surface area contributed by atoms with Crippen molar-refractivity contribution in [2.45, 2.75) is 57.7 Å². The highest BCUT2D eigenvalue weighted by Gasteiger charge is 2.55. The van der Waals surface area contributed by atoms with E-state index in [1.165, 1.54) is 5.56 Å². The van der Waals surface area contributed by atoms with Gasteiger partial charge in [0.1, 0.15) is 5.60 Å². The van der Waals surface area contributed by atoms with Crippen LogP contribution in [0.1, 0.15) is 45.6 Å². The van der Waals surface area contributed by atoms with Gasteiger partial charge < -0.3 is 14.7 Å². The van der Waals surface area contributed by atoms with E-state index in [0.717, 1.165) is 19.3 Å². The van der Waals surface area contributed by atoms with Crippen LogP contribution >= 0.6 is 0 Å². The van der Waals surface area contributed by atoms with Gasteiger partial charge in [-0.05, 0) is 45.6 Å². The second-order valence-electron chi connectivity index (χ2n) is 8.40. The molecule has 1 N–H and O–H groups in total. The normalized spacial score (nSPS) is 26.2. The van der Waals surface area contributed by atoms with Crippen molar-refractivity contribution in [1.82, 2.24) is 4.90 Å². The number of rotatable bonds is 2. The number of aliphatic hydroxyl groups is 1. The molecular weight excluding hydrogens is 290 g/mol. The van der Waals surface area contributed by atoms with Gasteiger partial charge >= 0.3 is 6.09 Å². The van der Waals surface area contributed by atoms with Crippen LogP contribution in [0.5, 0.6) is 0 Å². The van der Waals surface area contributed by atoms with E-state index in [9.17, 15) is 9.90 Å². The van der Waals surface area contributed by atoms with E-state index in [1.54, 1.807) is 4.90 Å². The number of carbonyl (C=O) groups excluding carboxylic acids is 1. The molecule has 0 radical (unpaired) electrons. The molecule has 1 spiro atoms. The Labute approximate surface area is 138 Å². The lowest BCUT2D eigenvalue weighted by atomic mass is 9.76. The van der Waals surface area contributed by atoms with Crippen molar-refractivity contribution >= 4 is 6.09 Å². The third-order valence-electron chi connectivity index (χ3n) is 4.90. The highest BCUT2D eigenvalue weighted by molar-refractivity contribution is 5.69. The largest absolute Gasteiger partial charge is 0.444 e. The van der Waals surface area contributed by atoms with Gasteiger partial charge in [-0.3, -0.25) is 0 Å². The number of amides is 1. The summed E-state index contributed by atoms with van der Waals surface area (Å²) in [4.78, 5) is 13.8. The third kappa shape index (κ3) is 3.69. The van der Waals surface area contributed by atoms with E-state index in [1.807, 2.05) is 39.0 Å². The quantitative estimate of drug-likeness (QED) is 0.909. The van der Waals surface area contributed by atoms with Gasteiger partial charge in [0.2, 0.25) is 0 Å². The fourth-order valence-corrected chi connectivity index (χ4v) is 3.99. The highest BCUT2D eigenvalue weighted by Crippen LogP contribution is 2.51. The van der Waals surface area contributed by atoms with Gasteiger partial charge in [0.25, 0.3) is 0 Å². The van der Waals surface area contributed by atoms with Crippen LogP contribution in [0.4, 0.5) is 4.79 Å². The van der Waals surface area contributed by atoms with Gasteiger partial charge in [-0.15, -0.1) is 0 Å². The van der Waals surface area contributed by atoms with Crippen LogP contribution in [0.25, 0.3) is 0 Å². The standard InChI is InChI=1S/C19H27NO3/c1-17(2,3)23-16(21)20-13-18(14-20)9-10-19(22,12-18)11-15-7-5-4-6-8-15/h4-8,22H,9-14H2,1-3H3. The summed E-state index contributed by atoms with van der Waals surface area (Å²) in [5.74, 6) is 0. The third-order valence-corrected chi connectivity index (χ3v) is 4.90. The molecule has 1 atom stereocenters. The first-order chi connectivity index (χ1) is 10.7. The molecule has 2 fully saturated rings. The minimum atomic E-state index is -0.638. The first-order valence-electron chi connectivity index (χ1n) is 8.43. The molecule has 1 amide bonds. The molecule has 1 heterocycles. The maximum atomic E-state index is 12.1. The summed E-state index contributed by atoms with van der Waals surface area (Å²) < 4.78 is 5.42. The van der Waals surface area contributed by atoms with Crippen molar-refractivity contribution in [1.29, 1.82) is 0 Å². The van der Waals surface area contributed by atoms with Gasteiger partial charge in [-0.1, -0.05) is 30.3 Å². The van der Waals surface area contributed by atoms with E-state index in [4.69, 9.17) is 4.74 Å². The van der Waals surface area contributed by atoms with Crippen molar-refractivity contribution in [3.8, 4) is 0 Å². The summed E-state index contributed by atoms with van der Waals surface area (Å²) in [5, 5.41) is 10.9. The lowest BCUT2D eigenvalue weighted by Gasteiger charge is -2.48. The van der Waals surface area contributed by atoms with Gasteiger partial charge in [0, 0.05) is 24.9 Å². The molecule has 4 nitrogen and oxygen atoms in total. The number of benzene rings is 1. The van der Waals surface area contributed by atoms with Crippen molar-refractivity contribution < 1.29 is 14.6 Å². The Kier molecular flexibility index (Phi) is 3.91. The average molecular weight is 317 g/mol. The predicted octanol–water partition coefficient (Wildman–Crippen LogP) is 3.38. The number of likely N-dealkylation sites (tertiary alicyclic amines) is 1. The molecule has 1 aromatic rings. The van der Waals surface area contributed by atoms with Gasteiger partial charge in [-0.25, -0.2) is 4.79 Å². The van der Waals surface area contributed by atoms with Crippen molar-refractivity contribution in [2.24, 2.45) is 5.41 Å². The Hall–Kier alpha value is -1.55. The number of carbonyl (C=O) groups is 1. The van der Waals surface area contributed by atoms with Gasteiger partial charge in [0.15, 0.2) is 0 Å². The molecule has 1 saturated heterocycles. The molecule has 1 aromatic carbocycles. The zero-order valence-electron chi connectivity index (χ0n) is 14.3. The average Bonchev–Trinajstić information content (AvgIpc) is 2.74. The maximum absolute atomic E-state index is 12.1. The van der Waals surface area contributed by atoms with Crippen LogP contribution in [0.2, 0.25) is 0 Å². The SMILES string of the molecule is CC(C)(C)OC(=O)N1CC2(CCC(O)(Cc3ccccc3)C2)C1. The first kappa shape index (κ1) is 16.3. The fraction of sp³-hybridized carbons (Fsp3) is 0.632. The molecule has 1 saturated carbocycles. The summed E-state index contributed by atoms with van der Waals surface area (Å²) in [5.41, 5.74) is 0.168. The minimum absolute atomic E-state index is 0.0838. The molecule has 1 unspecified atom stereocenters. The van der Waals surface area contributed by atoms with Crippen molar-refractivity contribution in [3.63, 3.8) is 0 Å². The molecule has 2 aliphatic rings. The summed E-state index contributed by atoms with van der Waals surface area (Å²) in [6.45, 7) is 7.07. The first-order valence-corrected chi connectivity index (χ1v) is 8.43. The molecule has 1 aliphatic heterocycles. The summed E-state index contributed by atoms with van der Waals surface area (Å²) in [7, 11) is 0. The van der Waals surface area contributed by atoms with Crippen LogP contribution in [-0.4, -0.2) is 40.4 Å². The van der Waals surface area contributed by atoms with E-state index >= 15 is 0 Å². The van der Waals surface area contributed by atoms with E-state index in [0.29, 0.717) is 19.5 Å². The van der Waals surface area contributed by atoms with Crippen molar-refractivity contribution in [3.05, 3.63) is 35.9 Å². The predicted molar refractivity (Wildman–Crippen MR) is 89.2 cm³/mol. The summed E-state index contributed by atoms with van der Waals surface area (Å²) in [6, 6.07) is 10.1. The second kappa shape index (κ2) is 5.52. The van der Waals surface area contributed by atoms with E-state index in [2.05, 4.69) is 12.1 Å². The smallest absolute Gasteiger partial charge is 0.410 e. The van der Waals surface area contributed by atoms with Gasteiger partial charge in [-0.2, -0.15) is 0 Å². The van der Waals surface area contributed by atoms with Crippen LogP contribution in [-0.2, 0) is 11.2 Å². The number of ether oxygens (including phenoxy) is 1. The van der Waals surface area contributed by atoms with Crippen LogP contribution in [0.3, 0.4) is 0 Å². The Balaban J connectivity index is 1.56. The van der Waals surface area contributed by atoms with Crippen LogP contribution < -0.4 is 0 Å². The number of hydrogen-bond acceptors (Lipinski definition) is 3. The lowest BCUT2D eigenvalue weighted by Crippen LogP contribution is -2.58. The maximum Gasteiger partial charge on any atom is 0.410 e. The lowest BCUT2D eigenvalue weighted by molar-refractivity contribution is -0.0465.